The van der Waals surface area contributed by atoms with Crippen LogP contribution >= 0.6 is 11.6 Å². The molecule has 0 spiro atoms. The first-order valence-corrected chi connectivity index (χ1v) is 10.5. The topological polar surface area (TPSA) is 75.7 Å². The normalized spacial score (nSPS) is 12.1. The Kier molecular flexibility index (Phi) is 7.38. The van der Waals surface area contributed by atoms with Gasteiger partial charge in [-0.2, -0.15) is 17.5 Å². The van der Waals surface area contributed by atoms with Gasteiger partial charge >= 0.3 is 6.18 Å². The summed E-state index contributed by atoms with van der Waals surface area (Å²) >= 11 is 5.87. The third-order valence-electron chi connectivity index (χ3n) is 4.18. The van der Waals surface area contributed by atoms with Crippen molar-refractivity contribution in [2.45, 2.75) is 24.9 Å². The molecule has 0 unspecified atom stereocenters. The first-order chi connectivity index (χ1) is 13.9. The van der Waals surface area contributed by atoms with E-state index >= 15 is 0 Å². The van der Waals surface area contributed by atoms with Crippen LogP contribution in [0, 0.1) is 6.92 Å². The molecular weight excluding hydrogens is 445 g/mol. The van der Waals surface area contributed by atoms with Crippen LogP contribution in [0.5, 0.6) is 5.75 Å². The van der Waals surface area contributed by atoms with Crippen LogP contribution in [0.4, 0.5) is 18.9 Å². The number of carbonyl (C=O) groups is 1. The molecule has 0 aromatic heterocycles. The summed E-state index contributed by atoms with van der Waals surface area (Å²) in [6.07, 6.45) is -4.62. The molecule has 0 aliphatic carbocycles. The molecule has 0 aliphatic rings. The van der Waals surface area contributed by atoms with E-state index in [9.17, 15) is 26.4 Å². The number of ether oxygens (including phenoxy) is 1. The highest BCUT2D eigenvalue weighted by Gasteiger charge is 2.32. The van der Waals surface area contributed by atoms with Gasteiger partial charge in [0.2, 0.25) is 15.9 Å². The first-order valence-electron chi connectivity index (χ1n) is 8.71. The minimum Gasteiger partial charge on any atom is -0.495 e. The number of likely N-dealkylation sites (N-methyl/N-ethyl adjacent to an activating group) is 1. The number of rotatable bonds is 7. The van der Waals surface area contributed by atoms with E-state index in [1.165, 1.54) is 26.2 Å². The maximum absolute atomic E-state index is 13.0. The molecule has 164 valence electrons. The second kappa shape index (κ2) is 9.23. The summed E-state index contributed by atoms with van der Waals surface area (Å²) in [6.45, 7) is 2.56. The molecule has 2 aromatic carbocycles. The number of carbonyl (C=O) groups excluding carboxylic acids is 1. The number of nitrogens with one attached hydrogen (secondary N) is 1. The smallest absolute Gasteiger partial charge is 0.416 e. The second-order valence-electron chi connectivity index (χ2n) is 6.33. The van der Waals surface area contributed by atoms with Gasteiger partial charge in [-0.15, -0.1) is 0 Å². The third-order valence-corrected chi connectivity index (χ3v) is 6.45. The molecule has 0 saturated carbocycles. The fourth-order valence-corrected chi connectivity index (χ4v) is 4.45. The van der Waals surface area contributed by atoms with E-state index in [0.29, 0.717) is 11.6 Å². The maximum atomic E-state index is 13.0. The van der Waals surface area contributed by atoms with Gasteiger partial charge in [0, 0.05) is 6.54 Å². The van der Waals surface area contributed by atoms with Gasteiger partial charge in [-0.1, -0.05) is 24.6 Å². The second-order valence-corrected chi connectivity index (χ2v) is 8.64. The molecule has 0 aliphatic heterocycles. The van der Waals surface area contributed by atoms with Crippen molar-refractivity contribution in [3.05, 3.63) is 52.5 Å². The number of methoxy groups -OCH3 is 1. The summed E-state index contributed by atoms with van der Waals surface area (Å²) in [6, 6.07) is 7.07. The molecule has 0 saturated heterocycles. The first kappa shape index (κ1) is 24.0. The van der Waals surface area contributed by atoms with Crippen molar-refractivity contribution in [2.24, 2.45) is 0 Å². The SMILES string of the molecule is CCN(CC(=O)Nc1cc(C(F)(F)F)ccc1Cl)S(=O)(=O)c1cc(C)ccc1OC. The summed E-state index contributed by atoms with van der Waals surface area (Å²) in [4.78, 5) is 12.3. The Bertz CT molecular complexity index is 1040. The van der Waals surface area contributed by atoms with E-state index in [2.05, 4.69) is 5.32 Å². The van der Waals surface area contributed by atoms with Crippen molar-refractivity contribution >= 4 is 33.2 Å². The van der Waals surface area contributed by atoms with Crippen LogP contribution in [0.2, 0.25) is 5.02 Å². The van der Waals surface area contributed by atoms with E-state index in [1.54, 1.807) is 13.0 Å². The van der Waals surface area contributed by atoms with Crippen LogP contribution in [0.15, 0.2) is 41.3 Å². The van der Waals surface area contributed by atoms with E-state index in [0.717, 1.165) is 16.4 Å². The number of hydrogen-bond acceptors (Lipinski definition) is 4. The Morgan fingerprint density at radius 3 is 2.43 bits per heavy atom. The number of nitrogens with zero attached hydrogens (tertiary/aromatic N) is 1. The lowest BCUT2D eigenvalue weighted by Crippen LogP contribution is -2.38. The number of amides is 1. The van der Waals surface area contributed by atoms with Gasteiger partial charge < -0.3 is 10.1 Å². The zero-order chi connectivity index (χ0) is 22.7. The Morgan fingerprint density at radius 2 is 1.87 bits per heavy atom. The van der Waals surface area contributed by atoms with Crippen molar-refractivity contribution in [1.29, 1.82) is 0 Å². The van der Waals surface area contributed by atoms with Gasteiger partial charge in [-0.3, -0.25) is 4.79 Å². The zero-order valence-corrected chi connectivity index (χ0v) is 18.0. The zero-order valence-electron chi connectivity index (χ0n) is 16.4. The van der Waals surface area contributed by atoms with Gasteiger partial charge in [0.1, 0.15) is 10.6 Å². The van der Waals surface area contributed by atoms with Gasteiger partial charge in [0.15, 0.2) is 0 Å². The fraction of sp³-hybridized carbons (Fsp3) is 0.316. The Hall–Kier alpha value is -2.30. The highest BCUT2D eigenvalue weighted by molar-refractivity contribution is 7.89. The van der Waals surface area contributed by atoms with Crippen LogP contribution in [0.25, 0.3) is 0 Å². The van der Waals surface area contributed by atoms with Crippen LogP contribution in [-0.4, -0.2) is 38.8 Å². The van der Waals surface area contributed by atoms with Crippen molar-refractivity contribution in [1.82, 2.24) is 4.31 Å². The van der Waals surface area contributed by atoms with E-state index in [1.807, 2.05) is 0 Å². The van der Waals surface area contributed by atoms with Gasteiger partial charge in [0.25, 0.3) is 0 Å². The van der Waals surface area contributed by atoms with E-state index < -0.39 is 34.2 Å². The molecule has 2 rings (SSSR count). The van der Waals surface area contributed by atoms with E-state index in [-0.39, 0.29) is 27.9 Å². The maximum Gasteiger partial charge on any atom is 0.416 e. The van der Waals surface area contributed by atoms with Gasteiger partial charge in [-0.05, 0) is 42.8 Å². The minimum atomic E-state index is -4.62. The number of halogens is 4. The molecule has 1 N–H and O–H groups in total. The van der Waals surface area contributed by atoms with Crippen molar-refractivity contribution in [3.63, 3.8) is 0 Å². The average Bonchev–Trinajstić information content (AvgIpc) is 2.66. The number of hydrogen-bond donors (Lipinski definition) is 1. The molecule has 0 bridgehead atoms. The highest BCUT2D eigenvalue weighted by atomic mass is 35.5. The van der Waals surface area contributed by atoms with Crippen molar-refractivity contribution in [3.8, 4) is 5.75 Å². The Labute approximate surface area is 177 Å². The lowest BCUT2D eigenvalue weighted by atomic mass is 10.2. The largest absolute Gasteiger partial charge is 0.495 e. The molecule has 0 heterocycles. The summed E-state index contributed by atoms with van der Waals surface area (Å²) in [7, 11) is -2.79. The summed E-state index contributed by atoms with van der Waals surface area (Å²) < 4.78 is 70.7. The molecular formula is C19H20ClF3N2O4S. The van der Waals surface area contributed by atoms with Crippen LogP contribution in [-0.2, 0) is 21.0 Å². The minimum absolute atomic E-state index is 0.0524. The molecule has 30 heavy (non-hydrogen) atoms. The standard InChI is InChI=1S/C19H20ClF3N2O4S/c1-4-25(30(27,28)17-9-12(2)5-8-16(17)29-3)11-18(26)24-15-10-13(19(21,22)23)6-7-14(15)20/h5-10H,4,11H2,1-3H3,(H,24,26). The number of alkyl halides is 3. The molecule has 0 radical (unpaired) electrons. The quantitative estimate of drug-likeness (QED) is 0.662. The van der Waals surface area contributed by atoms with Crippen molar-refractivity contribution < 1.29 is 31.1 Å². The predicted molar refractivity (Wildman–Crippen MR) is 107 cm³/mol. The number of sulfonamides is 1. The summed E-state index contributed by atoms with van der Waals surface area (Å²) in [5.41, 5.74) is -0.588. The highest BCUT2D eigenvalue weighted by Crippen LogP contribution is 2.34. The lowest BCUT2D eigenvalue weighted by molar-refractivity contribution is -0.137. The van der Waals surface area contributed by atoms with Gasteiger partial charge in [-0.25, -0.2) is 8.42 Å². The van der Waals surface area contributed by atoms with Crippen molar-refractivity contribution in [2.75, 3.05) is 25.5 Å². The van der Waals surface area contributed by atoms with E-state index in [4.69, 9.17) is 16.3 Å². The molecule has 6 nitrogen and oxygen atoms in total. The Morgan fingerprint density at radius 1 is 1.20 bits per heavy atom. The number of anilines is 1. The average molecular weight is 465 g/mol. The summed E-state index contributed by atoms with van der Waals surface area (Å²) in [5, 5.41) is 2.13. The molecule has 2 aromatic rings. The lowest BCUT2D eigenvalue weighted by Gasteiger charge is -2.22. The van der Waals surface area contributed by atoms with Crippen LogP contribution in [0.1, 0.15) is 18.1 Å². The van der Waals surface area contributed by atoms with Crippen LogP contribution < -0.4 is 10.1 Å². The molecule has 11 heteroatoms. The number of aryl methyl sites for hydroxylation is 1. The number of benzene rings is 2. The Balaban J connectivity index is 2.28. The molecule has 0 fully saturated rings. The predicted octanol–water partition coefficient (Wildman–Crippen LogP) is 4.33. The fourth-order valence-electron chi connectivity index (χ4n) is 2.64. The summed E-state index contributed by atoms with van der Waals surface area (Å²) in [5.74, 6) is -0.728. The monoisotopic (exact) mass is 464 g/mol. The van der Waals surface area contributed by atoms with Gasteiger partial charge in [0.05, 0.1) is 29.9 Å². The molecule has 0 atom stereocenters. The molecule has 1 amide bonds. The third kappa shape index (κ3) is 5.44. The van der Waals surface area contributed by atoms with Crippen LogP contribution in [0.3, 0.4) is 0 Å².